The molecule has 0 spiro atoms. The van der Waals surface area contributed by atoms with Crippen molar-refractivity contribution in [1.82, 2.24) is 4.90 Å². The summed E-state index contributed by atoms with van der Waals surface area (Å²) in [6, 6.07) is 15.3. The van der Waals surface area contributed by atoms with Gasteiger partial charge in [-0.25, -0.2) is 8.42 Å². The average molecular weight is 391 g/mol. The van der Waals surface area contributed by atoms with Gasteiger partial charge in [-0.2, -0.15) is 0 Å². The van der Waals surface area contributed by atoms with Gasteiger partial charge in [0, 0.05) is 13.6 Å². The number of benzene rings is 2. The van der Waals surface area contributed by atoms with Gasteiger partial charge in [0.1, 0.15) is 11.8 Å². The van der Waals surface area contributed by atoms with Crippen LogP contribution in [0.25, 0.3) is 0 Å². The molecule has 0 saturated carbocycles. The Balaban J connectivity index is 2.25. The minimum Gasteiger partial charge on any atom is -0.497 e. The highest BCUT2D eigenvalue weighted by Gasteiger charge is 2.33. The van der Waals surface area contributed by atoms with Crippen molar-refractivity contribution >= 4 is 21.6 Å². The van der Waals surface area contributed by atoms with E-state index in [4.69, 9.17) is 4.74 Å². The highest BCUT2D eigenvalue weighted by atomic mass is 32.2. The molecule has 27 heavy (non-hydrogen) atoms. The van der Waals surface area contributed by atoms with E-state index in [1.54, 1.807) is 43.3 Å². The number of sulfonamides is 1. The number of hydrogen-bond acceptors (Lipinski definition) is 4. The second kappa shape index (κ2) is 8.90. The molecule has 0 N–H and O–H groups in total. The number of ether oxygens (including phenoxy) is 1. The van der Waals surface area contributed by atoms with Crippen molar-refractivity contribution in [2.24, 2.45) is 0 Å². The molecule has 6 nitrogen and oxygen atoms in total. The third-order valence-corrected chi connectivity index (χ3v) is 5.46. The number of likely N-dealkylation sites (N-methyl/N-ethyl adjacent to an activating group) is 1. The van der Waals surface area contributed by atoms with Crippen molar-refractivity contribution in [2.45, 2.75) is 25.9 Å². The normalized spacial score (nSPS) is 12.3. The van der Waals surface area contributed by atoms with Crippen molar-refractivity contribution in [2.75, 3.05) is 24.7 Å². The maximum absolute atomic E-state index is 13.1. The van der Waals surface area contributed by atoms with Crippen LogP contribution in [0.3, 0.4) is 0 Å². The molecule has 146 valence electrons. The van der Waals surface area contributed by atoms with Gasteiger partial charge in [-0.15, -0.1) is 0 Å². The lowest BCUT2D eigenvalue weighted by Gasteiger charge is -2.32. The Morgan fingerprint density at radius 1 is 1.07 bits per heavy atom. The topological polar surface area (TPSA) is 66.9 Å². The van der Waals surface area contributed by atoms with E-state index < -0.39 is 16.1 Å². The number of anilines is 1. The zero-order chi connectivity index (χ0) is 20.0. The maximum atomic E-state index is 13.1. The molecule has 0 heterocycles. The molecular formula is C20H26N2O4S. The first-order valence-corrected chi connectivity index (χ1v) is 10.5. The molecule has 2 aromatic carbocycles. The first kappa shape index (κ1) is 20.8. The van der Waals surface area contributed by atoms with Crippen molar-refractivity contribution < 1.29 is 17.9 Å². The van der Waals surface area contributed by atoms with Crippen molar-refractivity contribution in [3.63, 3.8) is 0 Å². The number of carbonyl (C=O) groups is 1. The van der Waals surface area contributed by atoms with Crippen LogP contribution in [0.4, 0.5) is 5.69 Å². The highest BCUT2D eigenvalue weighted by Crippen LogP contribution is 2.23. The summed E-state index contributed by atoms with van der Waals surface area (Å²) >= 11 is 0. The average Bonchev–Trinajstić information content (AvgIpc) is 2.65. The summed E-state index contributed by atoms with van der Waals surface area (Å²) < 4.78 is 31.2. The number of carbonyl (C=O) groups excluding carboxylic acids is 1. The standard InChI is InChI=1S/C20H26N2O4S/c1-5-19(22(27(4,24)25)17-9-7-6-8-10-17)20(23)21(2)15-16-11-13-18(26-3)14-12-16/h6-14,19H,5,15H2,1-4H3/t19-/m0/s1. The molecular weight excluding hydrogens is 364 g/mol. The fourth-order valence-corrected chi connectivity index (χ4v) is 4.16. The van der Waals surface area contributed by atoms with E-state index >= 15 is 0 Å². The predicted octanol–water partition coefficient (Wildman–Crippen LogP) is 2.90. The quantitative estimate of drug-likeness (QED) is 0.695. The van der Waals surface area contributed by atoms with Gasteiger partial charge in [0.15, 0.2) is 0 Å². The zero-order valence-corrected chi connectivity index (χ0v) is 16.9. The number of hydrogen-bond donors (Lipinski definition) is 0. The highest BCUT2D eigenvalue weighted by molar-refractivity contribution is 7.92. The predicted molar refractivity (Wildman–Crippen MR) is 107 cm³/mol. The van der Waals surface area contributed by atoms with Crippen LogP contribution in [-0.4, -0.2) is 45.7 Å². The van der Waals surface area contributed by atoms with Gasteiger partial charge >= 0.3 is 0 Å². The Labute approximate surface area is 161 Å². The number of rotatable bonds is 8. The van der Waals surface area contributed by atoms with Crippen LogP contribution in [-0.2, 0) is 21.4 Å². The van der Waals surface area contributed by atoms with Crippen molar-refractivity contribution in [3.8, 4) is 5.75 Å². The van der Waals surface area contributed by atoms with E-state index in [0.29, 0.717) is 18.7 Å². The maximum Gasteiger partial charge on any atom is 0.246 e. The molecule has 0 aliphatic rings. The van der Waals surface area contributed by atoms with E-state index in [-0.39, 0.29) is 5.91 Å². The fraction of sp³-hybridized carbons (Fsp3) is 0.350. The van der Waals surface area contributed by atoms with Gasteiger partial charge in [-0.1, -0.05) is 37.3 Å². The summed E-state index contributed by atoms with van der Waals surface area (Å²) in [7, 11) is -0.342. The third kappa shape index (κ3) is 5.23. The number of methoxy groups -OCH3 is 1. The van der Waals surface area contributed by atoms with E-state index in [2.05, 4.69) is 0 Å². The second-order valence-corrected chi connectivity index (χ2v) is 8.22. The summed E-state index contributed by atoms with van der Waals surface area (Å²) in [4.78, 5) is 14.6. The lowest BCUT2D eigenvalue weighted by Crippen LogP contribution is -2.49. The van der Waals surface area contributed by atoms with Crippen LogP contribution in [0.1, 0.15) is 18.9 Å². The van der Waals surface area contributed by atoms with Gasteiger partial charge in [0.25, 0.3) is 0 Å². The van der Waals surface area contributed by atoms with Crippen molar-refractivity contribution in [3.05, 3.63) is 60.2 Å². The third-order valence-electron chi connectivity index (χ3n) is 4.28. The lowest BCUT2D eigenvalue weighted by molar-refractivity contribution is -0.131. The van der Waals surface area contributed by atoms with E-state index in [1.165, 1.54) is 4.31 Å². The van der Waals surface area contributed by atoms with Crippen LogP contribution in [0.5, 0.6) is 5.75 Å². The lowest BCUT2D eigenvalue weighted by atomic mass is 10.1. The molecule has 0 radical (unpaired) electrons. The van der Waals surface area contributed by atoms with Crippen molar-refractivity contribution in [1.29, 1.82) is 0 Å². The van der Waals surface area contributed by atoms with Crippen LogP contribution in [0, 0.1) is 0 Å². The molecule has 0 fully saturated rings. The molecule has 0 aliphatic heterocycles. The van der Waals surface area contributed by atoms with Gasteiger partial charge in [0.2, 0.25) is 15.9 Å². The summed E-state index contributed by atoms with van der Waals surface area (Å²) in [5, 5.41) is 0. The molecule has 0 bridgehead atoms. The van der Waals surface area contributed by atoms with Gasteiger partial charge in [-0.3, -0.25) is 9.10 Å². The smallest absolute Gasteiger partial charge is 0.246 e. The molecule has 2 rings (SSSR count). The zero-order valence-electron chi connectivity index (χ0n) is 16.1. The first-order valence-electron chi connectivity index (χ1n) is 8.70. The largest absolute Gasteiger partial charge is 0.497 e. The van der Waals surface area contributed by atoms with Crippen LogP contribution < -0.4 is 9.04 Å². The molecule has 1 amide bonds. The fourth-order valence-electron chi connectivity index (χ4n) is 2.96. The second-order valence-electron chi connectivity index (χ2n) is 6.36. The monoisotopic (exact) mass is 390 g/mol. The van der Waals surface area contributed by atoms with E-state index in [9.17, 15) is 13.2 Å². The van der Waals surface area contributed by atoms with E-state index in [1.807, 2.05) is 37.3 Å². The molecule has 0 aliphatic carbocycles. The summed E-state index contributed by atoms with van der Waals surface area (Å²) in [5.41, 5.74) is 1.42. The molecule has 1 atom stereocenters. The summed E-state index contributed by atoms with van der Waals surface area (Å²) in [6.45, 7) is 2.19. The first-order chi connectivity index (χ1) is 12.8. The van der Waals surface area contributed by atoms with Crippen LogP contribution >= 0.6 is 0 Å². The summed E-state index contributed by atoms with van der Waals surface area (Å²) in [5.74, 6) is 0.495. The minimum atomic E-state index is -3.62. The number of amides is 1. The number of nitrogens with zero attached hydrogens (tertiary/aromatic N) is 2. The molecule has 7 heteroatoms. The van der Waals surface area contributed by atoms with Gasteiger partial charge in [0.05, 0.1) is 19.1 Å². The Hall–Kier alpha value is -2.54. The Morgan fingerprint density at radius 2 is 1.67 bits per heavy atom. The van der Waals surface area contributed by atoms with Gasteiger partial charge < -0.3 is 9.64 Å². The molecule has 0 saturated heterocycles. The SMILES string of the molecule is CC[C@@H](C(=O)N(C)Cc1ccc(OC)cc1)N(c1ccccc1)S(C)(=O)=O. The van der Waals surface area contributed by atoms with E-state index in [0.717, 1.165) is 17.6 Å². The Morgan fingerprint density at radius 3 is 2.15 bits per heavy atom. The molecule has 0 aromatic heterocycles. The minimum absolute atomic E-state index is 0.248. The Kier molecular flexibility index (Phi) is 6.85. The Bertz CT molecular complexity index is 851. The number of para-hydroxylation sites is 1. The van der Waals surface area contributed by atoms with Crippen LogP contribution in [0.2, 0.25) is 0 Å². The van der Waals surface area contributed by atoms with Gasteiger partial charge in [-0.05, 0) is 36.2 Å². The molecule has 0 unspecified atom stereocenters. The van der Waals surface area contributed by atoms with Crippen LogP contribution in [0.15, 0.2) is 54.6 Å². The summed E-state index contributed by atoms with van der Waals surface area (Å²) in [6.07, 6.45) is 1.49. The molecule has 2 aromatic rings.